The molecule has 1 atom stereocenters. The van der Waals surface area contributed by atoms with Gasteiger partial charge in [0.1, 0.15) is 11.8 Å². The van der Waals surface area contributed by atoms with Crippen LogP contribution < -0.4 is 10.1 Å². The van der Waals surface area contributed by atoms with Crippen LogP contribution >= 0.6 is 0 Å². The van der Waals surface area contributed by atoms with Crippen molar-refractivity contribution in [3.8, 4) is 5.75 Å². The van der Waals surface area contributed by atoms with Crippen molar-refractivity contribution in [1.29, 1.82) is 0 Å². The number of nitrogens with one attached hydrogen (secondary N) is 1. The maximum absolute atomic E-state index is 12.3. The molecular formula is C18H26N2O4. The van der Waals surface area contributed by atoms with Crippen LogP contribution in [0.2, 0.25) is 0 Å². The Labute approximate surface area is 143 Å². The molecule has 1 aromatic rings. The van der Waals surface area contributed by atoms with Gasteiger partial charge in [0, 0.05) is 18.5 Å². The van der Waals surface area contributed by atoms with Crippen LogP contribution in [0.1, 0.15) is 56.5 Å². The summed E-state index contributed by atoms with van der Waals surface area (Å²) in [5, 5.41) is 2.28. The highest BCUT2D eigenvalue weighted by atomic mass is 16.5. The minimum atomic E-state index is -0.571. The van der Waals surface area contributed by atoms with Gasteiger partial charge in [-0.25, -0.2) is 0 Å². The van der Waals surface area contributed by atoms with Gasteiger partial charge in [-0.05, 0) is 30.2 Å². The van der Waals surface area contributed by atoms with Crippen LogP contribution in [-0.2, 0) is 16.1 Å². The zero-order valence-electron chi connectivity index (χ0n) is 15.0. The Balaban J connectivity index is 0.000000671. The van der Waals surface area contributed by atoms with E-state index >= 15 is 0 Å². The Kier molecular flexibility index (Phi) is 7.42. The molecule has 2 heterocycles. The summed E-state index contributed by atoms with van der Waals surface area (Å²) in [6, 6.07) is 4.67. The van der Waals surface area contributed by atoms with Crippen molar-refractivity contribution in [2.75, 3.05) is 7.11 Å². The highest BCUT2D eigenvalue weighted by Gasteiger charge is 2.39. The summed E-state index contributed by atoms with van der Waals surface area (Å²) in [6.07, 6.45) is 0.640. The lowest BCUT2D eigenvalue weighted by molar-refractivity contribution is -0.136. The molecule has 0 saturated carbocycles. The summed E-state index contributed by atoms with van der Waals surface area (Å²) in [6.45, 7) is 8.37. The standard InChI is InChI=1S/C14H14N2O4.2C2H6/c1-20-9-2-3-10-8(6-9)7-16(14(10)19)11-4-5-12(17)15-13(11)18;2*1-2/h2-3,6,11H,4-5,7H2,1H3,(H,15,17,18);2*1-2H3. The number of fused-ring (bicyclic) bond motifs is 1. The number of ether oxygens (including phenoxy) is 1. The van der Waals surface area contributed by atoms with E-state index in [1.54, 1.807) is 25.3 Å². The Morgan fingerprint density at radius 2 is 1.79 bits per heavy atom. The first kappa shape index (κ1) is 19.7. The molecule has 2 aliphatic heterocycles. The number of amides is 3. The van der Waals surface area contributed by atoms with Gasteiger partial charge >= 0.3 is 0 Å². The van der Waals surface area contributed by atoms with Crippen LogP contribution in [0.15, 0.2) is 18.2 Å². The van der Waals surface area contributed by atoms with Gasteiger partial charge < -0.3 is 9.64 Å². The lowest BCUT2D eigenvalue weighted by Gasteiger charge is -2.29. The fourth-order valence-electron chi connectivity index (χ4n) is 2.68. The van der Waals surface area contributed by atoms with Crippen molar-refractivity contribution < 1.29 is 19.1 Å². The first-order valence-electron chi connectivity index (χ1n) is 8.41. The van der Waals surface area contributed by atoms with Gasteiger partial charge in [0.2, 0.25) is 11.8 Å². The van der Waals surface area contributed by atoms with E-state index in [9.17, 15) is 14.4 Å². The highest BCUT2D eigenvalue weighted by Crippen LogP contribution is 2.29. The van der Waals surface area contributed by atoms with Crippen molar-refractivity contribution in [3.63, 3.8) is 0 Å². The van der Waals surface area contributed by atoms with Crippen molar-refractivity contribution >= 4 is 17.7 Å². The number of imide groups is 1. The van der Waals surface area contributed by atoms with Gasteiger partial charge in [-0.2, -0.15) is 0 Å². The smallest absolute Gasteiger partial charge is 0.255 e. The van der Waals surface area contributed by atoms with Gasteiger partial charge in [-0.15, -0.1) is 0 Å². The van der Waals surface area contributed by atoms with E-state index < -0.39 is 11.9 Å². The third-order valence-electron chi connectivity index (χ3n) is 3.73. The second-order valence-corrected chi connectivity index (χ2v) is 4.92. The van der Waals surface area contributed by atoms with E-state index in [4.69, 9.17) is 4.74 Å². The van der Waals surface area contributed by atoms with Crippen molar-refractivity contribution in [2.45, 2.75) is 53.1 Å². The average molecular weight is 334 g/mol. The molecule has 1 aromatic carbocycles. The molecule has 0 radical (unpaired) electrons. The molecular weight excluding hydrogens is 308 g/mol. The molecule has 1 unspecified atom stereocenters. The lowest BCUT2D eigenvalue weighted by atomic mass is 10.0. The molecule has 3 rings (SSSR count). The predicted octanol–water partition coefficient (Wildman–Crippen LogP) is 2.51. The summed E-state index contributed by atoms with van der Waals surface area (Å²) < 4.78 is 5.14. The second kappa shape index (κ2) is 9.05. The largest absolute Gasteiger partial charge is 0.497 e. The van der Waals surface area contributed by atoms with E-state index in [-0.39, 0.29) is 18.2 Å². The van der Waals surface area contributed by atoms with Crippen molar-refractivity contribution in [1.82, 2.24) is 10.2 Å². The molecule has 2 aliphatic rings. The Bertz CT molecular complexity index is 613. The topological polar surface area (TPSA) is 75.7 Å². The minimum absolute atomic E-state index is 0.169. The molecule has 1 fully saturated rings. The van der Waals surface area contributed by atoms with E-state index in [0.717, 1.165) is 5.56 Å². The summed E-state index contributed by atoms with van der Waals surface area (Å²) in [4.78, 5) is 36.9. The van der Waals surface area contributed by atoms with Gasteiger partial charge in [0.05, 0.1) is 7.11 Å². The highest BCUT2D eigenvalue weighted by molar-refractivity contribution is 6.05. The number of carbonyl (C=O) groups is 3. The van der Waals surface area contributed by atoms with Crippen LogP contribution in [0.3, 0.4) is 0 Å². The Morgan fingerprint density at radius 1 is 1.12 bits per heavy atom. The van der Waals surface area contributed by atoms with Crippen LogP contribution in [0, 0.1) is 0 Å². The van der Waals surface area contributed by atoms with Crippen molar-refractivity contribution in [3.05, 3.63) is 29.3 Å². The number of methoxy groups -OCH3 is 1. The Morgan fingerprint density at radius 3 is 2.38 bits per heavy atom. The first-order valence-corrected chi connectivity index (χ1v) is 8.41. The predicted molar refractivity (Wildman–Crippen MR) is 91.7 cm³/mol. The van der Waals surface area contributed by atoms with Crippen LogP contribution in [-0.4, -0.2) is 35.8 Å². The number of benzene rings is 1. The molecule has 132 valence electrons. The van der Waals surface area contributed by atoms with Gasteiger partial charge in [0.25, 0.3) is 5.91 Å². The number of carbonyl (C=O) groups excluding carboxylic acids is 3. The normalized spacial score (nSPS) is 18.6. The monoisotopic (exact) mass is 334 g/mol. The molecule has 1 N–H and O–H groups in total. The summed E-state index contributed by atoms with van der Waals surface area (Å²) in [5.74, 6) is -0.162. The Hall–Kier alpha value is -2.37. The SMILES string of the molecule is CC.CC.COc1ccc2c(c1)CN(C1CCC(=O)NC1=O)C2=O. The molecule has 0 spiro atoms. The van der Waals surface area contributed by atoms with Crippen LogP contribution in [0.5, 0.6) is 5.75 Å². The first-order chi connectivity index (χ1) is 11.6. The fourth-order valence-corrected chi connectivity index (χ4v) is 2.68. The molecule has 6 heteroatoms. The maximum Gasteiger partial charge on any atom is 0.255 e. The number of hydrogen-bond donors (Lipinski definition) is 1. The van der Waals surface area contributed by atoms with E-state index in [1.807, 2.05) is 27.7 Å². The zero-order valence-corrected chi connectivity index (χ0v) is 15.0. The molecule has 1 saturated heterocycles. The third-order valence-corrected chi connectivity index (χ3v) is 3.73. The molecule has 24 heavy (non-hydrogen) atoms. The summed E-state index contributed by atoms with van der Waals surface area (Å²) in [7, 11) is 1.57. The van der Waals surface area contributed by atoms with Crippen molar-refractivity contribution in [2.24, 2.45) is 0 Å². The quantitative estimate of drug-likeness (QED) is 0.843. The summed E-state index contributed by atoms with van der Waals surface area (Å²) >= 11 is 0. The van der Waals surface area contributed by atoms with E-state index in [0.29, 0.717) is 24.3 Å². The van der Waals surface area contributed by atoms with Crippen LogP contribution in [0.25, 0.3) is 0 Å². The lowest BCUT2D eigenvalue weighted by Crippen LogP contribution is -2.52. The second-order valence-electron chi connectivity index (χ2n) is 4.92. The van der Waals surface area contributed by atoms with E-state index in [1.165, 1.54) is 4.90 Å². The van der Waals surface area contributed by atoms with Gasteiger partial charge in [-0.1, -0.05) is 27.7 Å². The van der Waals surface area contributed by atoms with E-state index in [2.05, 4.69) is 5.32 Å². The zero-order chi connectivity index (χ0) is 18.3. The fraction of sp³-hybridized carbons (Fsp3) is 0.500. The van der Waals surface area contributed by atoms with Gasteiger partial charge in [0.15, 0.2) is 0 Å². The maximum atomic E-state index is 12.3. The van der Waals surface area contributed by atoms with Gasteiger partial charge in [-0.3, -0.25) is 19.7 Å². The summed E-state index contributed by atoms with van der Waals surface area (Å²) in [5.41, 5.74) is 1.44. The molecule has 3 amide bonds. The number of nitrogens with zero attached hydrogens (tertiary/aromatic N) is 1. The molecule has 0 aromatic heterocycles. The molecule has 6 nitrogen and oxygen atoms in total. The number of piperidine rings is 1. The van der Waals surface area contributed by atoms with Crippen LogP contribution in [0.4, 0.5) is 0 Å². The molecule has 0 aliphatic carbocycles. The molecule has 0 bridgehead atoms. The minimum Gasteiger partial charge on any atom is -0.497 e. The third kappa shape index (κ3) is 3.93. The number of hydrogen-bond acceptors (Lipinski definition) is 4. The number of rotatable bonds is 2. The average Bonchev–Trinajstić information content (AvgIpc) is 2.94.